The fraction of sp³-hybridized carbons (Fsp3) is 0.222. The lowest BCUT2D eigenvalue weighted by Gasteiger charge is -2.23. The largest absolute Gasteiger partial charge is 0.493 e. The number of anilines is 1. The van der Waals surface area contributed by atoms with Crippen molar-refractivity contribution in [2.75, 3.05) is 32.6 Å². The van der Waals surface area contributed by atoms with Gasteiger partial charge in [-0.25, -0.2) is 0 Å². The van der Waals surface area contributed by atoms with Gasteiger partial charge in [-0.1, -0.05) is 49.4 Å². The van der Waals surface area contributed by atoms with Crippen molar-refractivity contribution >= 4 is 23.2 Å². The summed E-state index contributed by atoms with van der Waals surface area (Å²) >= 11 is 0. The van der Waals surface area contributed by atoms with E-state index in [9.17, 15) is 14.4 Å². The van der Waals surface area contributed by atoms with E-state index < -0.39 is 0 Å². The number of fused-ring (bicyclic) bond motifs is 2. The van der Waals surface area contributed by atoms with Gasteiger partial charge < -0.3 is 14.8 Å². The van der Waals surface area contributed by atoms with Crippen LogP contribution in [0, 0.1) is 0 Å². The molecule has 7 nitrogen and oxygen atoms in total. The Morgan fingerprint density at radius 2 is 1.53 bits per heavy atom. The predicted molar refractivity (Wildman–Crippen MR) is 129 cm³/mol. The van der Waals surface area contributed by atoms with Crippen LogP contribution in [0.4, 0.5) is 5.69 Å². The van der Waals surface area contributed by atoms with E-state index in [-0.39, 0.29) is 29.6 Å². The number of rotatable bonds is 8. The van der Waals surface area contributed by atoms with Gasteiger partial charge in [-0.3, -0.25) is 19.3 Å². The molecule has 0 spiro atoms. The lowest BCUT2D eigenvalue weighted by atomic mass is 9.83. The molecule has 0 aliphatic heterocycles. The molecule has 34 heavy (non-hydrogen) atoms. The van der Waals surface area contributed by atoms with Gasteiger partial charge in [0.2, 0.25) is 5.91 Å². The van der Waals surface area contributed by atoms with E-state index in [4.69, 9.17) is 9.47 Å². The molecule has 0 unspecified atom stereocenters. The van der Waals surface area contributed by atoms with Crippen LogP contribution in [0.2, 0.25) is 0 Å². The smallest absolute Gasteiger partial charge is 0.238 e. The minimum atomic E-state index is -0.269. The number of ether oxygens (including phenoxy) is 2. The van der Waals surface area contributed by atoms with Gasteiger partial charge >= 0.3 is 0 Å². The number of benzene rings is 3. The molecule has 1 N–H and O–H groups in total. The average Bonchev–Trinajstić information content (AvgIpc) is 2.86. The Hall–Kier alpha value is -3.97. The number of nitrogens with one attached hydrogen (secondary N) is 1. The number of hydrogen-bond acceptors (Lipinski definition) is 6. The minimum absolute atomic E-state index is 0.118. The van der Waals surface area contributed by atoms with Crippen molar-refractivity contribution in [3.63, 3.8) is 0 Å². The van der Waals surface area contributed by atoms with E-state index >= 15 is 0 Å². The number of carbonyl (C=O) groups is 3. The number of carbonyl (C=O) groups excluding carboxylic acids is 3. The summed E-state index contributed by atoms with van der Waals surface area (Å²) in [5.74, 6) is 0.514. The Balaban J connectivity index is 1.51. The molecule has 3 aromatic rings. The Kier molecular flexibility index (Phi) is 6.75. The van der Waals surface area contributed by atoms with Gasteiger partial charge in [-0.15, -0.1) is 0 Å². The van der Waals surface area contributed by atoms with Crippen LogP contribution >= 0.6 is 0 Å². The molecular weight excluding hydrogens is 432 g/mol. The summed E-state index contributed by atoms with van der Waals surface area (Å²) < 4.78 is 10.6. The molecule has 0 saturated carbocycles. The van der Waals surface area contributed by atoms with Gasteiger partial charge in [0.25, 0.3) is 0 Å². The quantitative estimate of drug-likeness (QED) is 0.431. The number of ketones is 2. The Bertz CT molecular complexity index is 1270. The zero-order valence-electron chi connectivity index (χ0n) is 19.4. The van der Waals surface area contributed by atoms with Crippen LogP contribution in [0.15, 0.2) is 60.7 Å². The van der Waals surface area contributed by atoms with Crippen LogP contribution in [-0.4, -0.2) is 49.7 Å². The predicted octanol–water partition coefficient (Wildman–Crippen LogP) is 3.94. The fourth-order valence-corrected chi connectivity index (χ4v) is 4.16. The van der Waals surface area contributed by atoms with E-state index in [0.717, 1.165) is 5.56 Å². The Labute approximate surface area is 198 Å². The highest BCUT2D eigenvalue weighted by Crippen LogP contribution is 2.32. The second-order valence-electron chi connectivity index (χ2n) is 7.97. The standard InChI is InChI=1S/C27H26N2O5/c1-4-29(15-17-12-13-22(33-2)23(14-17)34-3)16-24(30)28-21-11-7-10-20-25(21)27(32)19-9-6-5-8-18(19)26(20)31/h5-14H,4,15-16H2,1-3H3,(H,28,30). The summed E-state index contributed by atoms with van der Waals surface area (Å²) in [6.07, 6.45) is 0. The molecule has 0 heterocycles. The number of nitrogens with zero attached hydrogens (tertiary/aromatic N) is 1. The van der Waals surface area contributed by atoms with E-state index in [0.29, 0.717) is 47.0 Å². The maximum absolute atomic E-state index is 13.2. The Morgan fingerprint density at radius 3 is 2.21 bits per heavy atom. The highest BCUT2D eigenvalue weighted by Gasteiger charge is 2.31. The van der Waals surface area contributed by atoms with Crippen molar-refractivity contribution in [1.82, 2.24) is 4.90 Å². The molecule has 0 aromatic heterocycles. The van der Waals surface area contributed by atoms with Crippen molar-refractivity contribution in [2.24, 2.45) is 0 Å². The maximum atomic E-state index is 13.2. The molecule has 4 rings (SSSR count). The average molecular weight is 459 g/mol. The van der Waals surface area contributed by atoms with E-state index in [2.05, 4.69) is 5.32 Å². The molecule has 0 saturated heterocycles. The van der Waals surface area contributed by atoms with Gasteiger partial charge in [0, 0.05) is 23.2 Å². The molecule has 0 atom stereocenters. The van der Waals surface area contributed by atoms with Gasteiger partial charge in [-0.2, -0.15) is 0 Å². The molecule has 1 amide bonds. The fourth-order valence-electron chi connectivity index (χ4n) is 4.16. The Morgan fingerprint density at radius 1 is 0.853 bits per heavy atom. The van der Waals surface area contributed by atoms with E-state index in [1.165, 1.54) is 0 Å². The molecule has 174 valence electrons. The highest BCUT2D eigenvalue weighted by atomic mass is 16.5. The van der Waals surface area contributed by atoms with Crippen molar-refractivity contribution in [2.45, 2.75) is 13.5 Å². The number of hydrogen-bond donors (Lipinski definition) is 1. The van der Waals surface area contributed by atoms with E-state index in [1.807, 2.05) is 30.0 Å². The third-order valence-corrected chi connectivity index (χ3v) is 5.90. The van der Waals surface area contributed by atoms with Crippen LogP contribution in [0.1, 0.15) is 44.3 Å². The van der Waals surface area contributed by atoms with Gasteiger partial charge in [-0.05, 0) is 30.3 Å². The van der Waals surface area contributed by atoms with E-state index in [1.54, 1.807) is 56.7 Å². The summed E-state index contributed by atoms with van der Waals surface area (Å²) in [6.45, 7) is 3.26. The maximum Gasteiger partial charge on any atom is 0.238 e. The summed E-state index contributed by atoms with van der Waals surface area (Å²) in [5, 5.41) is 2.84. The number of amides is 1. The SMILES string of the molecule is CCN(CC(=O)Nc1cccc2c1C(=O)c1ccccc1C2=O)Cc1ccc(OC)c(OC)c1. The van der Waals surface area contributed by atoms with Crippen LogP contribution in [0.5, 0.6) is 11.5 Å². The molecular formula is C27H26N2O5. The molecule has 3 aromatic carbocycles. The minimum Gasteiger partial charge on any atom is -0.493 e. The highest BCUT2D eigenvalue weighted by molar-refractivity contribution is 6.30. The topological polar surface area (TPSA) is 84.9 Å². The number of methoxy groups -OCH3 is 2. The van der Waals surface area contributed by atoms with Gasteiger partial charge in [0.15, 0.2) is 23.1 Å². The molecule has 0 radical (unpaired) electrons. The first-order chi connectivity index (χ1) is 16.5. The summed E-state index contributed by atoms with van der Waals surface area (Å²) in [7, 11) is 3.16. The number of likely N-dealkylation sites (N-methyl/N-ethyl adjacent to an activating group) is 1. The lowest BCUT2D eigenvalue weighted by Crippen LogP contribution is -2.33. The molecule has 1 aliphatic rings. The summed E-state index contributed by atoms with van der Waals surface area (Å²) in [6, 6.07) is 17.3. The first kappa shape index (κ1) is 23.2. The molecule has 7 heteroatoms. The van der Waals surface area contributed by atoms with Crippen molar-refractivity contribution in [3.05, 3.63) is 88.5 Å². The van der Waals surface area contributed by atoms with Crippen LogP contribution in [0.25, 0.3) is 0 Å². The van der Waals surface area contributed by atoms with Crippen molar-refractivity contribution in [1.29, 1.82) is 0 Å². The van der Waals surface area contributed by atoms with Crippen LogP contribution in [-0.2, 0) is 11.3 Å². The second kappa shape index (κ2) is 9.89. The van der Waals surface area contributed by atoms with Crippen LogP contribution in [0.3, 0.4) is 0 Å². The third kappa shape index (κ3) is 4.43. The van der Waals surface area contributed by atoms with Gasteiger partial charge in [0.05, 0.1) is 32.0 Å². The third-order valence-electron chi connectivity index (χ3n) is 5.90. The second-order valence-corrected chi connectivity index (χ2v) is 7.97. The normalized spacial score (nSPS) is 12.2. The zero-order chi connectivity index (χ0) is 24.2. The first-order valence-electron chi connectivity index (χ1n) is 11.0. The monoisotopic (exact) mass is 458 g/mol. The van der Waals surface area contributed by atoms with Crippen molar-refractivity contribution in [3.8, 4) is 11.5 Å². The molecule has 1 aliphatic carbocycles. The molecule has 0 fully saturated rings. The summed E-state index contributed by atoms with van der Waals surface area (Å²) in [4.78, 5) is 41.0. The summed E-state index contributed by atoms with van der Waals surface area (Å²) in [5.41, 5.74) is 2.60. The zero-order valence-corrected chi connectivity index (χ0v) is 19.4. The van der Waals surface area contributed by atoms with Crippen molar-refractivity contribution < 1.29 is 23.9 Å². The van der Waals surface area contributed by atoms with Crippen LogP contribution < -0.4 is 14.8 Å². The van der Waals surface area contributed by atoms with Gasteiger partial charge in [0.1, 0.15) is 0 Å². The lowest BCUT2D eigenvalue weighted by molar-refractivity contribution is -0.117. The molecule has 0 bridgehead atoms. The first-order valence-corrected chi connectivity index (χ1v) is 11.0.